The molecule has 1 aromatic carbocycles. The zero-order valence-electron chi connectivity index (χ0n) is 10.9. The Balaban J connectivity index is 2.16. The molecule has 1 aliphatic heterocycles. The van der Waals surface area contributed by atoms with E-state index in [0.29, 0.717) is 6.54 Å². The number of nitrogens with zero attached hydrogens (tertiary/aromatic N) is 1. The maximum absolute atomic E-state index is 13.5. The van der Waals surface area contributed by atoms with Gasteiger partial charge in [-0.15, -0.1) is 0 Å². The van der Waals surface area contributed by atoms with Crippen LogP contribution in [-0.2, 0) is 6.54 Å². The van der Waals surface area contributed by atoms with Gasteiger partial charge in [0.2, 0.25) is 5.82 Å². The molecular formula is C13H15F5N2. The monoisotopic (exact) mass is 294 g/mol. The zero-order chi connectivity index (χ0) is 14.9. The Hall–Kier alpha value is -1.21. The van der Waals surface area contributed by atoms with Crippen LogP contribution in [0, 0.1) is 29.1 Å². The first-order valence-electron chi connectivity index (χ1n) is 6.34. The third-order valence-electron chi connectivity index (χ3n) is 3.42. The molecule has 0 saturated carbocycles. The lowest BCUT2D eigenvalue weighted by Crippen LogP contribution is -2.35. The van der Waals surface area contributed by atoms with Crippen LogP contribution in [0.5, 0.6) is 0 Å². The molecule has 0 bridgehead atoms. The predicted molar refractivity (Wildman–Crippen MR) is 63.6 cm³/mol. The van der Waals surface area contributed by atoms with Gasteiger partial charge in [0.25, 0.3) is 0 Å². The summed E-state index contributed by atoms with van der Waals surface area (Å²) in [5.41, 5.74) is -0.790. The van der Waals surface area contributed by atoms with E-state index < -0.39 is 34.6 Å². The summed E-state index contributed by atoms with van der Waals surface area (Å²) in [5, 5.41) is 3.20. The Morgan fingerprint density at radius 1 is 1.00 bits per heavy atom. The van der Waals surface area contributed by atoms with Crippen LogP contribution >= 0.6 is 0 Å². The van der Waals surface area contributed by atoms with Gasteiger partial charge in [0.05, 0.1) is 0 Å². The first-order chi connectivity index (χ1) is 9.41. The summed E-state index contributed by atoms with van der Waals surface area (Å²) in [5.74, 6) is -9.43. The van der Waals surface area contributed by atoms with Crippen LogP contribution in [0.15, 0.2) is 0 Å². The van der Waals surface area contributed by atoms with E-state index in [0.717, 1.165) is 19.4 Å². The number of hydrogen-bond acceptors (Lipinski definition) is 2. The van der Waals surface area contributed by atoms with E-state index >= 15 is 0 Å². The van der Waals surface area contributed by atoms with E-state index in [1.807, 2.05) is 0 Å². The molecular weight excluding hydrogens is 279 g/mol. The Kier molecular flexibility index (Phi) is 4.59. The molecule has 1 fully saturated rings. The smallest absolute Gasteiger partial charge is 0.200 e. The van der Waals surface area contributed by atoms with Crippen LogP contribution < -0.4 is 5.32 Å². The van der Waals surface area contributed by atoms with Crippen molar-refractivity contribution in [2.45, 2.75) is 25.4 Å². The number of rotatable bonds is 4. The first kappa shape index (κ1) is 15.2. The molecule has 0 radical (unpaired) electrons. The van der Waals surface area contributed by atoms with Crippen molar-refractivity contribution in [3.63, 3.8) is 0 Å². The highest BCUT2D eigenvalue weighted by molar-refractivity contribution is 5.24. The molecule has 1 heterocycles. The molecule has 112 valence electrons. The van der Waals surface area contributed by atoms with Crippen LogP contribution in [0.2, 0.25) is 0 Å². The van der Waals surface area contributed by atoms with E-state index in [4.69, 9.17) is 0 Å². The molecule has 0 spiro atoms. The first-order valence-corrected chi connectivity index (χ1v) is 6.34. The van der Waals surface area contributed by atoms with Crippen LogP contribution in [0.1, 0.15) is 18.4 Å². The lowest BCUT2D eigenvalue weighted by Gasteiger charge is -2.21. The largest absolute Gasteiger partial charge is 0.313 e. The van der Waals surface area contributed by atoms with Crippen molar-refractivity contribution >= 4 is 0 Å². The minimum absolute atomic E-state index is 0.182. The molecule has 1 saturated heterocycles. The lowest BCUT2D eigenvalue weighted by atomic mass is 10.1. The maximum Gasteiger partial charge on any atom is 0.200 e. The van der Waals surface area contributed by atoms with Gasteiger partial charge in [0, 0.05) is 24.7 Å². The number of halogens is 5. The minimum atomic E-state index is -2.12. The Bertz CT molecular complexity index is 471. The van der Waals surface area contributed by atoms with Gasteiger partial charge < -0.3 is 10.2 Å². The number of benzene rings is 1. The van der Waals surface area contributed by atoms with Gasteiger partial charge in [-0.1, -0.05) is 0 Å². The average Bonchev–Trinajstić information content (AvgIpc) is 2.92. The van der Waals surface area contributed by atoms with Gasteiger partial charge in [0.15, 0.2) is 23.3 Å². The van der Waals surface area contributed by atoms with Crippen molar-refractivity contribution in [3.8, 4) is 0 Å². The summed E-state index contributed by atoms with van der Waals surface area (Å²) in [6.07, 6.45) is 1.95. The number of likely N-dealkylation sites (N-methyl/N-ethyl adjacent to an activating group) is 1. The second-order valence-electron chi connectivity index (χ2n) is 5.04. The molecule has 2 nitrogen and oxygen atoms in total. The quantitative estimate of drug-likeness (QED) is 0.521. The van der Waals surface area contributed by atoms with E-state index in [1.54, 1.807) is 11.9 Å². The van der Waals surface area contributed by atoms with E-state index in [1.165, 1.54) is 0 Å². The second kappa shape index (κ2) is 6.05. The molecule has 1 unspecified atom stereocenters. The zero-order valence-corrected chi connectivity index (χ0v) is 10.9. The fourth-order valence-electron chi connectivity index (χ4n) is 2.41. The highest BCUT2D eigenvalue weighted by Crippen LogP contribution is 2.24. The normalized spacial score (nSPS) is 19.1. The van der Waals surface area contributed by atoms with E-state index in [-0.39, 0.29) is 12.6 Å². The maximum atomic E-state index is 13.5. The Labute approximate surface area is 113 Å². The second-order valence-corrected chi connectivity index (χ2v) is 5.04. The van der Waals surface area contributed by atoms with Crippen LogP contribution in [0.25, 0.3) is 0 Å². The highest BCUT2D eigenvalue weighted by Gasteiger charge is 2.26. The van der Waals surface area contributed by atoms with Gasteiger partial charge >= 0.3 is 0 Å². The van der Waals surface area contributed by atoms with E-state index in [9.17, 15) is 22.0 Å². The number of hydrogen-bond donors (Lipinski definition) is 1. The van der Waals surface area contributed by atoms with Gasteiger partial charge in [-0.25, -0.2) is 22.0 Å². The summed E-state index contributed by atoms with van der Waals surface area (Å²) in [6, 6.07) is 0.182. The van der Waals surface area contributed by atoms with E-state index in [2.05, 4.69) is 5.32 Å². The Morgan fingerprint density at radius 2 is 1.55 bits per heavy atom. The number of nitrogens with one attached hydrogen (secondary N) is 1. The topological polar surface area (TPSA) is 15.3 Å². The van der Waals surface area contributed by atoms with Crippen LogP contribution in [0.4, 0.5) is 22.0 Å². The third-order valence-corrected chi connectivity index (χ3v) is 3.42. The predicted octanol–water partition coefficient (Wildman–Crippen LogP) is 2.57. The molecule has 20 heavy (non-hydrogen) atoms. The molecule has 2 rings (SSSR count). The summed E-state index contributed by atoms with van der Waals surface area (Å²) >= 11 is 0. The van der Waals surface area contributed by atoms with Crippen molar-refractivity contribution in [3.05, 3.63) is 34.6 Å². The molecule has 0 aliphatic carbocycles. The van der Waals surface area contributed by atoms with Crippen molar-refractivity contribution in [1.82, 2.24) is 10.2 Å². The fourth-order valence-corrected chi connectivity index (χ4v) is 2.41. The molecule has 0 aromatic heterocycles. The standard InChI is InChI=1S/C13H15F5N2/c1-20(5-7-3-2-4-19-7)6-8-9(14)11(16)13(18)12(17)10(8)15/h7,19H,2-6H2,1H3. The SMILES string of the molecule is CN(Cc1c(F)c(F)c(F)c(F)c1F)CC1CCCN1. The molecule has 7 heteroatoms. The van der Waals surface area contributed by atoms with Gasteiger partial charge in [-0.3, -0.25) is 0 Å². The van der Waals surface area contributed by atoms with Crippen molar-refractivity contribution < 1.29 is 22.0 Å². The van der Waals surface area contributed by atoms with Crippen molar-refractivity contribution in [1.29, 1.82) is 0 Å². The van der Waals surface area contributed by atoms with Gasteiger partial charge in [0.1, 0.15) is 0 Å². The third kappa shape index (κ3) is 2.93. The minimum Gasteiger partial charge on any atom is -0.313 e. The van der Waals surface area contributed by atoms with Crippen molar-refractivity contribution in [2.75, 3.05) is 20.1 Å². The summed E-state index contributed by atoms with van der Waals surface area (Å²) in [7, 11) is 1.58. The highest BCUT2D eigenvalue weighted by atomic mass is 19.2. The molecule has 0 amide bonds. The summed E-state index contributed by atoms with van der Waals surface area (Å²) < 4.78 is 66.1. The van der Waals surface area contributed by atoms with Gasteiger partial charge in [-0.05, 0) is 26.4 Å². The van der Waals surface area contributed by atoms with Crippen LogP contribution in [0.3, 0.4) is 0 Å². The lowest BCUT2D eigenvalue weighted by molar-refractivity contribution is 0.276. The summed E-state index contributed by atoms with van der Waals surface area (Å²) in [6.45, 7) is 1.03. The van der Waals surface area contributed by atoms with Gasteiger partial charge in [-0.2, -0.15) is 0 Å². The summed E-state index contributed by atoms with van der Waals surface area (Å²) in [4.78, 5) is 1.54. The molecule has 1 aromatic rings. The van der Waals surface area contributed by atoms with Crippen LogP contribution in [-0.4, -0.2) is 31.1 Å². The molecule has 1 aliphatic rings. The molecule has 1 N–H and O–H groups in total. The Morgan fingerprint density at radius 3 is 2.05 bits per heavy atom. The van der Waals surface area contributed by atoms with Crippen molar-refractivity contribution in [2.24, 2.45) is 0 Å². The fraction of sp³-hybridized carbons (Fsp3) is 0.538. The average molecular weight is 294 g/mol. The molecule has 1 atom stereocenters.